The SMILES string of the molecule is [C-]#[N+]c1ccc(OCc2ccc(Cl)cc2)cc1. The van der Waals surface area contributed by atoms with Gasteiger partial charge in [0.25, 0.3) is 0 Å². The van der Waals surface area contributed by atoms with Gasteiger partial charge in [0.1, 0.15) is 12.4 Å². The molecule has 2 nitrogen and oxygen atoms in total. The van der Waals surface area contributed by atoms with E-state index in [2.05, 4.69) is 4.85 Å². The van der Waals surface area contributed by atoms with Gasteiger partial charge in [-0.3, -0.25) is 0 Å². The van der Waals surface area contributed by atoms with Crippen LogP contribution in [0.5, 0.6) is 5.75 Å². The van der Waals surface area contributed by atoms with Gasteiger partial charge in [0.05, 0.1) is 6.57 Å². The molecule has 0 aliphatic heterocycles. The molecule has 3 heteroatoms. The zero-order chi connectivity index (χ0) is 12.1. The molecule has 0 saturated carbocycles. The molecular formula is C14H10ClNO. The maximum atomic E-state index is 6.84. The first-order chi connectivity index (χ1) is 8.28. The maximum absolute atomic E-state index is 6.84. The van der Waals surface area contributed by atoms with E-state index in [1.54, 1.807) is 24.3 Å². The van der Waals surface area contributed by atoms with Gasteiger partial charge in [-0.05, 0) is 29.8 Å². The third-order valence-electron chi connectivity index (χ3n) is 2.28. The summed E-state index contributed by atoms with van der Waals surface area (Å²) < 4.78 is 5.59. The van der Waals surface area contributed by atoms with Crippen LogP contribution in [-0.4, -0.2) is 0 Å². The molecule has 0 radical (unpaired) electrons. The lowest BCUT2D eigenvalue weighted by Crippen LogP contribution is -1.94. The summed E-state index contributed by atoms with van der Waals surface area (Å²) in [5.74, 6) is 0.757. The van der Waals surface area contributed by atoms with E-state index in [4.69, 9.17) is 22.9 Å². The Labute approximate surface area is 105 Å². The first-order valence-corrected chi connectivity index (χ1v) is 5.50. The fourth-order valence-corrected chi connectivity index (χ4v) is 1.49. The molecule has 0 aliphatic rings. The van der Waals surface area contributed by atoms with Crippen molar-refractivity contribution in [2.45, 2.75) is 6.61 Å². The van der Waals surface area contributed by atoms with Gasteiger partial charge < -0.3 is 4.74 Å². The van der Waals surface area contributed by atoms with Gasteiger partial charge in [-0.15, -0.1) is 0 Å². The van der Waals surface area contributed by atoms with Crippen molar-refractivity contribution in [3.8, 4) is 5.75 Å². The minimum Gasteiger partial charge on any atom is -0.489 e. The van der Waals surface area contributed by atoms with Gasteiger partial charge in [0.15, 0.2) is 5.69 Å². The lowest BCUT2D eigenvalue weighted by molar-refractivity contribution is 0.306. The number of ether oxygens (including phenoxy) is 1. The van der Waals surface area contributed by atoms with Gasteiger partial charge in [-0.2, -0.15) is 0 Å². The largest absolute Gasteiger partial charge is 0.489 e. The Bertz CT molecular complexity index is 526. The lowest BCUT2D eigenvalue weighted by atomic mass is 10.2. The van der Waals surface area contributed by atoms with Crippen LogP contribution in [0.1, 0.15) is 5.56 Å². The van der Waals surface area contributed by atoms with Crippen LogP contribution in [0.4, 0.5) is 5.69 Å². The average Bonchev–Trinajstić information content (AvgIpc) is 2.39. The van der Waals surface area contributed by atoms with E-state index >= 15 is 0 Å². The van der Waals surface area contributed by atoms with Crippen LogP contribution in [0, 0.1) is 6.57 Å². The first kappa shape index (κ1) is 11.5. The van der Waals surface area contributed by atoms with Crippen molar-refractivity contribution in [3.05, 3.63) is 70.5 Å². The Morgan fingerprint density at radius 1 is 1.00 bits per heavy atom. The topological polar surface area (TPSA) is 13.6 Å². The summed E-state index contributed by atoms with van der Waals surface area (Å²) in [4.78, 5) is 3.32. The van der Waals surface area contributed by atoms with E-state index in [1.165, 1.54) is 0 Å². The Hall–Kier alpha value is -1.98. The highest BCUT2D eigenvalue weighted by atomic mass is 35.5. The zero-order valence-corrected chi connectivity index (χ0v) is 9.82. The van der Waals surface area contributed by atoms with Crippen LogP contribution in [0.2, 0.25) is 5.02 Å². The average molecular weight is 244 g/mol. The van der Waals surface area contributed by atoms with E-state index in [-0.39, 0.29) is 0 Å². The van der Waals surface area contributed by atoms with Crippen LogP contribution >= 0.6 is 11.6 Å². The predicted octanol–water partition coefficient (Wildman–Crippen LogP) is 4.47. The summed E-state index contributed by atoms with van der Waals surface area (Å²) in [6.45, 7) is 7.34. The third kappa shape index (κ3) is 3.24. The molecule has 2 aromatic carbocycles. The van der Waals surface area contributed by atoms with Crippen molar-refractivity contribution >= 4 is 17.3 Å². The fraction of sp³-hybridized carbons (Fsp3) is 0.0714. The summed E-state index contributed by atoms with van der Waals surface area (Å²) in [5.41, 5.74) is 1.67. The minimum absolute atomic E-state index is 0.495. The maximum Gasteiger partial charge on any atom is 0.187 e. The molecule has 0 bridgehead atoms. The smallest absolute Gasteiger partial charge is 0.187 e. The van der Waals surface area contributed by atoms with Crippen LogP contribution in [0.15, 0.2) is 48.5 Å². The Balaban J connectivity index is 1.98. The number of hydrogen-bond acceptors (Lipinski definition) is 1. The van der Waals surface area contributed by atoms with Gasteiger partial charge in [-0.25, -0.2) is 4.85 Å². The van der Waals surface area contributed by atoms with Crippen molar-refractivity contribution < 1.29 is 4.74 Å². The molecule has 0 fully saturated rings. The van der Waals surface area contributed by atoms with E-state index in [0.717, 1.165) is 16.3 Å². The van der Waals surface area contributed by atoms with Crippen molar-refractivity contribution in [2.24, 2.45) is 0 Å². The summed E-state index contributed by atoms with van der Waals surface area (Å²) in [6.07, 6.45) is 0. The molecule has 0 N–H and O–H groups in total. The lowest BCUT2D eigenvalue weighted by Gasteiger charge is -2.06. The second kappa shape index (κ2) is 5.38. The van der Waals surface area contributed by atoms with Crippen LogP contribution in [0.3, 0.4) is 0 Å². The van der Waals surface area contributed by atoms with Crippen LogP contribution in [0.25, 0.3) is 4.85 Å². The Kier molecular flexibility index (Phi) is 3.64. The number of nitrogens with zero attached hydrogens (tertiary/aromatic N) is 1. The molecule has 84 valence electrons. The highest BCUT2D eigenvalue weighted by molar-refractivity contribution is 6.30. The van der Waals surface area contributed by atoms with E-state index in [1.807, 2.05) is 24.3 Å². The normalized spacial score (nSPS) is 9.65. The monoisotopic (exact) mass is 243 g/mol. The van der Waals surface area contributed by atoms with Gasteiger partial charge in [0, 0.05) is 5.02 Å². The minimum atomic E-state index is 0.495. The van der Waals surface area contributed by atoms with Crippen LogP contribution in [-0.2, 0) is 6.61 Å². The molecule has 0 aromatic heterocycles. The quantitative estimate of drug-likeness (QED) is 0.725. The first-order valence-electron chi connectivity index (χ1n) is 5.13. The molecule has 2 aromatic rings. The number of hydrogen-bond donors (Lipinski definition) is 0. The van der Waals surface area contributed by atoms with Crippen molar-refractivity contribution in [1.82, 2.24) is 0 Å². The van der Waals surface area contributed by atoms with E-state index in [9.17, 15) is 0 Å². The second-order valence-electron chi connectivity index (χ2n) is 3.52. The molecular weight excluding hydrogens is 234 g/mol. The molecule has 0 spiro atoms. The van der Waals surface area contributed by atoms with Crippen molar-refractivity contribution in [3.63, 3.8) is 0 Å². The molecule has 0 saturated heterocycles. The zero-order valence-electron chi connectivity index (χ0n) is 9.06. The van der Waals surface area contributed by atoms with Gasteiger partial charge in [0.2, 0.25) is 0 Å². The van der Waals surface area contributed by atoms with Gasteiger partial charge in [-0.1, -0.05) is 35.9 Å². The molecule has 0 atom stereocenters. The van der Waals surface area contributed by atoms with Gasteiger partial charge >= 0.3 is 0 Å². The standard InChI is InChI=1S/C14H10ClNO/c1-16-13-6-8-14(9-7-13)17-10-11-2-4-12(15)5-3-11/h2-9H,10H2. The summed E-state index contributed by atoms with van der Waals surface area (Å²) >= 11 is 5.79. The molecule has 0 unspecified atom stereocenters. The molecule has 0 aliphatic carbocycles. The summed E-state index contributed by atoms with van der Waals surface area (Å²) in [7, 11) is 0. The second-order valence-corrected chi connectivity index (χ2v) is 3.96. The van der Waals surface area contributed by atoms with Crippen molar-refractivity contribution in [1.29, 1.82) is 0 Å². The van der Waals surface area contributed by atoms with E-state index < -0.39 is 0 Å². The third-order valence-corrected chi connectivity index (χ3v) is 2.54. The Morgan fingerprint density at radius 3 is 2.24 bits per heavy atom. The molecule has 0 heterocycles. The summed E-state index contributed by atoms with van der Waals surface area (Å²) in [6, 6.07) is 14.6. The highest BCUT2D eigenvalue weighted by Crippen LogP contribution is 2.19. The molecule has 0 amide bonds. The number of rotatable bonds is 3. The molecule has 2 rings (SSSR count). The number of benzene rings is 2. The van der Waals surface area contributed by atoms with Crippen molar-refractivity contribution in [2.75, 3.05) is 0 Å². The summed E-state index contributed by atoms with van der Waals surface area (Å²) in [5, 5.41) is 0.718. The number of halogens is 1. The predicted molar refractivity (Wildman–Crippen MR) is 68.5 cm³/mol. The van der Waals surface area contributed by atoms with Crippen LogP contribution < -0.4 is 4.74 Å². The van der Waals surface area contributed by atoms with E-state index in [0.29, 0.717) is 12.3 Å². The Morgan fingerprint density at radius 2 is 1.65 bits per heavy atom. The fourth-order valence-electron chi connectivity index (χ4n) is 1.36. The highest BCUT2D eigenvalue weighted by Gasteiger charge is 1.97. The molecule has 17 heavy (non-hydrogen) atoms.